The summed E-state index contributed by atoms with van der Waals surface area (Å²) >= 11 is 0. The third kappa shape index (κ3) is 5.59. The molecule has 0 N–H and O–H groups in total. The molecule has 53 heavy (non-hydrogen) atoms. The molecule has 3 nitrogen and oxygen atoms in total. The van der Waals surface area contributed by atoms with Gasteiger partial charge in [0.2, 0.25) is 0 Å². The van der Waals surface area contributed by atoms with E-state index in [-0.39, 0.29) is 10.8 Å². The summed E-state index contributed by atoms with van der Waals surface area (Å²) in [6.45, 7) is 13.6. The largest absolute Gasteiger partial charge is 0.306 e. The third-order valence-corrected chi connectivity index (χ3v) is 10.8. The minimum atomic E-state index is -0.0255. The van der Waals surface area contributed by atoms with E-state index < -0.39 is 0 Å². The number of aromatic nitrogens is 3. The lowest BCUT2D eigenvalue weighted by Gasteiger charge is -2.19. The highest BCUT2D eigenvalue weighted by Gasteiger charge is 2.21. The lowest BCUT2D eigenvalue weighted by Crippen LogP contribution is -2.11. The van der Waals surface area contributed by atoms with Crippen LogP contribution in [0.4, 0.5) is 0 Å². The molecular weight excluding hydrogens is 643 g/mol. The summed E-state index contributed by atoms with van der Waals surface area (Å²) in [5.41, 5.74) is 11.3. The average molecular weight is 686 g/mol. The first-order valence-corrected chi connectivity index (χ1v) is 18.6. The molecule has 0 atom stereocenters. The summed E-state index contributed by atoms with van der Waals surface area (Å²) in [7, 11) is 0. The Morgan fingerprint density at radius 2 is 0.943 bits per heavy atom. The van der Waals surface area contributed by atoms with Gasteiger partial charge in [-0.2, -0.15) is 0 Å². The standard InChI is InChI=1S/C50H43N3/c1-49(2,3)34-24-26-51-44(29-34)33-15-13-14-32(28-33)36-22-23-42-40-19-10-8-17-38(40)37-16-7-9-18-39(37)41-20-11-12-21-46(41)53-47(31-43(36)48(42)53)45-30-35(25-27-52-45)50(4,5)6/h7-31H,1-6H3. The number of pyridine rings is 2. The molecule has 0 aliphatic carbocycles. The van der Waals surface area contributed by atoms with E-state index in [0.717, 1.165) is 33.7 Å². The molecule has 5 aromatic carbocycles. The van der Waals surface area contributed by atoms with Gasteiger partial charge in [-0.05, 0) is 97.1 Å². The minimum absolute atomic E-state index is 0.0255. The van der Waals surface area contributed by atoms with Gasteiger partial charge in [-0.15, -0.1) is 0 Å². The van der Waals surface area contributed by atoms with E-state index in [0.29, 0.717) is 0 Å². The van der Waals surface area contributed by atoms with Crippen molar-refractivity contribution in [1.29, 1.82) is 0 Å². The molecular formula is C50H43N3. The zero-order valence-electron chi connectivity index (χ0n) is 31.3. The van der Waals surface area contributed by atoms with Gasteiger partial charge in [0.05, 0.1) is 28.1 Å². The molecule has 0 spiro atoms. The van der Waals surface area contributed by atoms with E-state index in [1.54, 1.807) is 0 Å². The lowest BCUT2D eigenvalue weighted by atomic mass is 9.87. The van der Waals surface area contributed by atoms with Crippen LogP contribution in [0.3, 0.4) is 0 Å². The molecule has 4 heterocycles. The molecule has 0 bridgehead atoms. The number of para-hydroxylation sites is 1. The fourth-order valence-electron chi connectivity index (χ4n) is 7.96. The zero-order valence-corrected chi connectivity index (χ0v) is 31.3. The van der Waals surface area contributed by atoms with Crippen LogP contribution in [0.2, 0.25) is 0 Å². The van der Waals surface area contributed by atoms with Crippen molar-refractivity contribution in [2.45, 2.75) is 52.4 Å². The van der Waals surface area contributed by atoms with Crippen LogP contribution in [0.1, 0.15) is 52.7 Å². The van der Waals surface area contributed by atoms with Crippen LogP contribution < -0.4 is 0 Å². The number of hydrogen-bond donors (Lipinski definition) is 0. The van der Waals surface area contributed by atoms with Crippen molar-refractivity contribution in [3.05, 3.63) is 163 Å². The van der Waals surface area contributed by atoms with Crippen LogP contribution >= 0.6 is 0 Å². The summed E-state index contributed by atoms with van der Waals surface area (Å²) < 4.78 is 2.48. The zero-order chi connectivity index (χ0) is 36.5. The molecule has 0 radical (unpaired) electrons. The van der Waals surface area contributed by atoms with Gasteiger partial charge in [-0.3, -0.25) is 9.97 Å². The number of benzene rings is 5. The van der Waals surface area contributed by atoms with Gasteiger partial charge in [0.1, 0.15) is 0 Å². The second kappa shape index (κ2) is 12.3. The van der Waals surface area contributed by atoms with Gasteiger partial charge < -0.3 is 4.40 Å². The topological polar surface area (TPSA) is 30.2 Å². The van der Waals surface area contributed by atoms with Gasteiger partial charge in [-0.25, -0.2) is 0 Å². The van der Waals surface area contributed by atoms with Gasteiger partial charge in [-0.1, -0.05) is 139 Å². The van der Waals surface area contributed by atoms with Crippen LogP contribution in [-0.2, 0) is 10.8 Å². The normalized spacial score (nSPS) is 12.3. The van der Waals surface area contributed by atoms with Crippen LogP contribution in [0.25, 0.3) is 82.5 Å². The highest BCUT2D eigenvalue weighted by Crippen LogP contribution is 2.42. The molecule has 0 saturated carbocycles. The molecule has 9 rings (SSSR count). The van der Waals surface area contributed by atoms with Crippen molar-refractivity contribution in [3.63, 3.8) is 0 Å². The molecule has 0 aliphatic rings. The lowest BCUT2D eigenvalue weighted by molar-refractivity contribution is 0.589. The van der Waals surface area contributed by atoms with Crippen molar-refractivity contribution in [1.82, 2.24) is 14.4 Å². The number of rotatable bonds is 3. The van der Waals surface area contributed by atoms with Crippen molar-refractivity contribution in [2.24, 2.45) is 0 Å². The average Bonchev–Trinajstić information content (AvgIpc) is 3.59. The molecule has 3 heteroatoms. The number of nitrogens with zero attached hydrogens (tertiary/aromatic N) is 3. The van der Waals surface area contributed by atoms with E-state index in [1.165, 1.54) is 59.9 Å². The SMILES string of the molecule is CC(C)(C)c1ccnc(-c2cccc(-c3ccc4c5ccccc5c5ccccc5c5ccccc5n5c(-c6cc(C(C)(C)C)ccn6)cc3c45)c2)c1. The Morgan fingerprint density at radius 3 is 1.58 bits per heavy atom. The van der Waals surface area contributed by atoms with Crippen molar-refractivity contribution >= 4 is 48.7 Å². The molecule has 9 aromatic rings. The van der Waals surface area contributed by atoms with E-state index in [1.807, 2.05) is 12.4 Å². The van der Waals surface area contributed by atoms with E-state index in [2.05, 4.69) is 185 Å². The smallest absolute Gasteiger partial charge is 0.0873 e. The molecule has 0 aliphatic heterocycles. The molecule has 0 saturated heterocycles. The third-order valence-electron chi connectivity index (χ3n) is 10.8. The maximum Gasteiger partial charge on any atom is 0.0873 e. The second-order valence-electron chi connectivity index (χ2n) is 16.3. The Balaban J connectivity index is 1.46. The predicted molar refractivity (Wildman–Crippen MR) is 226 cm³/mol. The Morgan fingerprint density at radius 1 is 0.415 bits per heavy atom. The number of fused-ring (bicyclic) bond motifs is 7. The van der Waals surface area contributed by atoms with Crippen molar-refractivity contribution < 1.29 is 0 Å². The van der Waals surface area contributed by atoms with Gasteiger partial charge >= 0.3 is 0 Å². The van der Waals surface area contributed by atoms with E-state index >= 15 is 0 Å². The predicted octanol–water partition coefficient (Wildman–Crippen LogP) is 13.5. The first-order chi connectivity index (χ1) is 25.6. The Hall–Kier alpha value is -6.06. The van der Waals surface area contributed by atoms with Crippen molar-refractivity contribution in [3.8, 4) is 33.8 Å². The van der Waals surface area contributed by atoms with Crippen LogP contribution in [0.5, 0.6) is 0 Å². The Bertz CT molecular complexity index is 2910. The molecule has 0 unspecified atom stereocenters. The molecule has 4 aromatic heterocycles. The molecule has 0 fully saturated rings. The summed E-state index contributed by atoms with van der Waals surface area (Å²) in [5, 5.41) is 8.44. The first-order valence-electron chi connectivity index (χ1n) is 18.6. The van der Waals surface area contributed by atoms with E-state index in [9.17, 15) is 0 Å². The quantitative estimate of drug-likeness (QED) is 0.185. The molecule has 258 valence electrons. The summed E-state index contributed by atoms with van der Waals surface area (Å²) in [6.07, 6.45) is 3.91. The first kappa shape index (κ1) is 32.8. The minimum Gasteiger partial charge on any atom is -0.306 e. The van der Waals surface area contributed by atoms with Crippen LogP contribution in [-0.4, -0.2) is 14.4 Å². The highest BCUT2D eigenvalue weighted by molar-refractivity contribution is 6.23. The van der Waals surface area contributed by atoms with Crippen molar-refractivity contribution in [2.75, 3.05) is 0 Å². The Kier molecular flexibility index (Phi) is 7.60. The van der Waals surface area contributed by atoms with Crippen LogP contribution in [0.15, 0.2) is 152 Å². The fraction of sp³-hybridized carbons (Fsp3) is 0.160. The summed E-state index contributed by atoms with van der Waals surface area (Å²) in [4.78, 5) is 9.91. The maximum absolute atomic E-state index is 5.07. The monoisotopic (exact) mass is 685 g/mol. The van der Waals surface area contributed by atoms with Gasteiger partial charge in [0, 0.05) is 34.1 Å². The summed E-state index contributed by atoms with van der Waals surface area (Å²) in [5.74, 6) is 0. The maximum atomic E-state index is 5.07. The number of hydrogen-bond acceptors (Lipinski definition) is 2. The fourth-order valence-corrected chi connectivity index (χ4v) is 7.96. The highest BCUT2D eigenvalue weighted by atomic mass is 14.9. The summed E-state index contributed by atoms with van der Waals surface area (Å²) in [6, 6.07) is 51.2. The van der Waals surface area contributed by atoms with Crippen LogP contribution in [0, 0.1) is 0 Å². The second-order valence-corrected chi connectivity index (χ2v) is 16.3. The Labute approximate surface area is 311 Å². The van der Waals surface area contributed by atoms with Gasteiger partial charge in [0.15, 0.2) is 0 Å². The van der Waals surface area contributed by atoms with E-state index in [4.69, 9.17) is 9.97 Å². The van der Waals surface area contributed by atoms with Gasteiger partial charge in [0.25, 0.3) is 0 Å². The molecule has 0 amide bonds.